The van der Waals surface area contributed by atoms with Gasteiger partial charge in [-0.2, -0.15) is 0 Å². The molecule has 0 aromatic rings. The average molecular weight is 299 g/mol. The third-order valence-electron chi connectivity index (χ3n) is 3.92. The molecule has 2 aliphatic rings. The van der Waals surface area contributed by atoms with E-state index in [1.807, 2.05) is 0 Å². The van der Waals surface area contributed by atoms with Gasteiger partial charge in [-0.25, -0.2) is 0 Å². The Morgan fingerprint density at radius 2 is 2.19 bits per heavy atom. The van der Waals surface area contributed by atoms with Crippen LogP contribution in [0.1, 0.15) is 32.6 Å². The highest BCUT2D eigenvalue weighted by Gasteiger charge is 2.41. The van der Waals surface area contributed by atoms with Gasteiger partial charge in [0.05, 0.1) is 31.5 Å². The topological polar surface area (TPSA) is 64.1 Å². The Hall–Kier alpha value is -0.850. The van der Waals surface area contributed by atoms with Gasteiger partial charge in [0.2, 0.25) is 0 Å². The second-order valence-corrected chi connectivity index (χ2v) is 5.58. The van der Waals surface area contributed by atoms with Crippen molar-refractivity contribution in [2.45, 2.75) is 50.9 Å². The quantitative estimate of drug-likeness (QED) is 0.376. The number of guanidine groups is 1. The van der Waals surface area contributed by atoms with E-state index in [2.05, 4.69) is 22.5 Å². The number of rotatable bonds is 9. The largest absolute Gasteiger partial charge is 0.382 e. The molecule has 0 radical (unpaired) electrons. The number of hydrogen-bond donors (Lipinski definition) is 2. The van der Waals surface area contributed by atoms with Crippen LogP contribution in [0, 0.1) is 0 Å². The molecule has 6 heteroatoms. The molecule has 0 spiro atoms. The predicted molar refractivity (Wildman–Crippen MR) is 82.7 cm³/mol. The minimum atomic E-state index is 0.372. The van der Waals surface area contributed by atoms with E-state index in [-0.39, 0.29) is 0 Å². The van der Waals surface area contributed by atoms with Crippen molar-refractivity contribution in [1.82, 2.24) is 10.6 Å². The minimum Gasteiger partial charge on any atom is -0.382 e. The van der Waals surface area contributed by atoms with E-state index in [0.29, 0.717) is 31.5 Å². The lowest BCUT2D eigenvalue weighted by molar-refractivity contribution is 0.0702. The molecule has 0 aromatic heterocycles. The Labute approximate surface area is 127 Å². The molecule has 2 heterocycles. The number of fused-ring (bicyclic) bond motifs is 2. The van der Waals surface area contributed by atoms with Crippen molar-refractivity contribution in [2.75, 3.05) is 40.0 Å². The molecule has 0 aromatic carbocycles. The van der Waals surface area contributed by atoms with Gasteiger partial charge in [0.1, 0.15) is 0 Å². The summed E-state index contributed by atoms with van der Waals surface area (Å²) in [6.45, 7) is 5.76. The van der Waals surface area contributed by atoms with Crippen LogP contribution in [0.15, 0.2) is 4.99 Å². The Morgan fingerprint density at radius 3 is 2.86 bits per heavy atom. The second kappa shape index (κ2) is 9.23. The molecular weight excluding hydrogens is 270 g/mol. The summed E-state index contributed by atoms with van der Waals surface area (Å²) in [7, 11) is 1.68. The molecule has 2 N–H and O–H groups in total. The maximum atomic E-state index is 5.87. The molecule has 6 nitrogen and oxygen atoms in total. The van der Waals surface area contributed by atoms with E-state index >= 15 is 0 Å². The van der Waals surface area contributed by atoms with Crippen molar-refractivity contribution in [1.29, 1.82) is 0 Å². The van der Waals surface area contributed by atoms with Crippen LogP contribution in [0.5, 0.6) is 0 Å². The molecular formula is C15H29N3O3. The fourth-order valence-corrected chi connectivity index (χ4v) is 2.89. The highest BCUT2D eigenvalue weighted by atomic mass is 16.5. The van der Waals surface area contributed by atoms with Crippen molar-refractivity contribution in [3.8, 4) is 0 Å². The molecule has 3 atom stereocenters. The molecule has 2 saturated heterocycles. The van der Waals surface area contributed by atoms with Crippen LogP contribution in [0.3, 0.4) is 0 Å². The van der Waals surface area contributed by atoms with Crippen LogP contribution in [-0.4, -0.2) is 64.2 Å². The summed E-state index contributed by atoms with van der Waals surface area (Å²) in [5.74, 6) is 0.899. The lowest BCUT2D eigenvalue weighted by Crippen LogP contribution is -2.47. The van der Waals surface area contributed by atoms with Gasteiger partial charge in [0.25, 0.3) is 0 Å². The van der Waals surface area contributed by atoms with Crippen LogP contribution in [0.2, 0.25) is 0 Å². The molecule has 122 valence electrons. The van der Waals surface area contributed by atoms with Crippen molar-refractivity contribution in [3.05, 3.63) is 0 Å². The Kier molecular flexibility index (Phi) is 7.26. The van der Waals surface area contributed by atoms with Gasteiger partial charge < -0.3 is 24.8 Å². The van der Waals surface area contributed by atoms with Crippen molar-refractivity contribution < 1.29 is 14.2 Å². The molecule has 2 bridgehead atoms. The third kappa shape index (κ3) is 5.45. The smallest absolute Gasteiger partial charge is 0.191 e. The molecule has 2 aliphatic heterocycles. The normalized spacial score (nSPS) is 28.1. The summed E-state index contributed by atoms with van der Waals surface area (Å²) >= 11 is 0. The van der Waals surface area contributed by atoms with E-state index in [1.54, 1.807) is 7.11 Å². The predicted octanol–water partition coefficient (Wildman–Crippen LogP) is 0.915. The van der Waals surface area contributed by atoms with Gasteiger partial charge in [-0.1, -0.05) is 0 Å². The van der Waals surface area contributed by atoms with E-state index < -0.39 is 0 Å². The number of hydrogen-bond acceptors (Lipinski definition) is 4. The molecule has 2 fully saturated rings. The Morgan fingerprint density at radius 1 is 1.29 bits per heavy atom. The maximum absolute atomic E-state index is 5.87. The van der Waals surface area contributed by atoms with Crippen LogP contribution in [0.4, 0.5) is 0 Å². The van der Waals surface area contributed by atoms with E-state index in [9.17, 15) is 0 Å². The first-order valence-corrected chi connectivity index (χ1v) is 8.10. The first-order chi connectivity index (χ1) is 10.3. The molecule has 0 amide bonds. The van der Waals surface area contributed by atoms with E-state index in [1.165, 1.54) is 12.8 Å². The fraction of sp³-hybridized carbons (Fsp3) is 0.933. The summed E-state index contributed by atoms with van der Waals surface area (Å²) in [6.07, 6.45) is 5.26. The second-order valence-electron chi connectivity index (χ2n) is 5.58. The molecule has 21 heavy (non-hydrogen) atoms. The molecule has 2 rings (SSSR count). The average Bonchev–Trinajstić information content (AvgIpc) is 3.09. The summed E-state index contributed by atoms with van der Waals surface area (Å²) in [6, 6.07) is 0.416. The molecule has 3 unspecified atom stereocenters. The van der Waals surface area contributed by atoms with Crippen LogP contribution in [-0.2, 0) is 14.2 Å². The number of methoxy groups -OCH3 is 1. The van der Waals surface area contributed by atoms with Crippen molar-refractivity contribution in [2.24, 2.45) is 4.99 Å². The third-order valence-corrected chi connectivity index (χ3v) is 3.92. The molecule has 0 saturated carbocycles. The fourth-order valence-electron chi connectivity index (χ4n) is 2.89. The Bertz CT molecular complexity index is 325. The lowest BCUT2D eigenvalue weighted by atomic mass is 9.96. The monoisotopic (exact) mass is 299 g/mol. The maximum Gasteiger partial charge on any atom is 0.191 e. The Balaban J connectivity index is 1.64. The zero-order valence-electron chi connectivity index (χ0n) is 13.3. The van der Waals surface area contributed by atoms with E-state index in [4.69, 9.17) is 14.2 Å². The van der Waals surface area contributed by atoms with Gasteiger partial charge >= 0.3 is 0 Å². The van der Waals surface area contributed by atoms with Crippen LogP contribution >= 0.6 is 0 Å². The van der Waals surface area contributed by atoms with Gasteiger partial charge in [0, 0.05) is 26.8 Å². The van der Waals surface area contributed by atoms with Crippen LogP contribution in [0.25, 0.3) is 0 Å². The SMILES string of the molecule is CCNC(=NCCCOCCOC)NC1CC2CCC1O2. The van der Waals surface area contributed by atoms with Crippen molar-refractivity contribution >= 4 is 5.96 Å². The standard InChI is InChI=1S/C15H29N3O3/c1-3-16-15(17-7-4-8-20-10-9-19-2)18-13-11-12-5-6-14(13)21-12/h12-14H,3-11H2,1-2H3,(H2,16,17,18). The van der Waals surface area contributed by atoms with Crippen molar-refractivity contribution in [3.63, 3.8) is 0 Å². The highest BCUT2D eigenvalue weighted by Crippen LogP contribution is 2.34. The van der Waals surface area contributed by atoms with Gasteiger partial charge in [-0.3, -0.25) is 4.99 Å². The first kappa shape index (κ1) is 16.5. The summed E-state index contributed by atoms with van der Waals surface area (Å²) in [5.41, 5.74) is 0. The zero-order chi connectivity index (χ0) is 14.9. The first-order valence-electron chi connectivity index (χ1n) is 8.10. The molecule has 0 aliphatic carbocycles. The lowest BCUT2D eigenvalue weighted by Gasteiger charge is -2.22. The summed E-state index contributed by atoms with van der Waals surface area (Å²) in [4.78, 5) is 4.61. The van der Waals surface area contributed by atoms with Gasteiger partial charge in [-0.05, 0) is 32.6 Å². The van der Waals surface area contributed by atoms with E-state index in [0.717, 1.165) is 38.5 Å². The number of aliphatic imine (C=N–C) groups is 1. The highest BCUT2D eigenvalue weighted by molar-refractivity contribution is 5.80. The zero-order valence-corrected chi connectivity index (χ0v) is 13.3. The summed E-state index contributed by atoms with van der Waals surface area (Å²) in [5, 5.41) is 6.82. The van der Waals surface area contributed by atoms with Gasteiger partial charge in [0.15, 0.2) is 5.96 Å². The van der Waals surface area contributed by atoms with Crippen LogP contribution < -0.4 is 10.6 Å². The van der Waals surface area contributed by atoms with Gasteiger partial charge in [-0.15, -0.1) is 0 Å². The minimum absolute atomic E-state index is 0.372. The number of nitrogens with zero attached hydrogens (tertiary/aromatic N) is 1. The number of nitrogens with one attached hydrogen (secondary N) is 2. The summed E-state index contributed by atoms with van der Waals surface area (Å²) < 4.78 is 16.2. The number of ether oxygens (including phenoxy) is 3.